The molecule has 2 amide bonds. The lowest BCUT2D eigenvalue weighted by atomic mass is 9.94. The van der Waals surface area contributed by atoms with Gasteiger partial charge in [-0.15, -0.1) is 0 Å². The molecule has 1 aliphatic rings. The Morgan fingerprint density at radius 2 is 1.81 bits per heavy atom. The van der Waals surface area contributed by atoms with Gasteiger partial charge in [-0.3, -0.25) is 19.1 Å². The summed E-state index contributed by atoms with van der Waals surface area (Å²) in [5.41, 5.74) is 3.58. The van der Waals surface area contributed by atoms with Gasteiger partial charge in [-0.2, -0.15) is 18.3 Å². The van der Waals surface area contributed by atoms with Crippen LogP contribution in [0.2, 0.25) is 0 Å². The molecule has 0 fully saturated rings. The predicted molar refractivity (Wildman–Crippen MR) is 152 cm³/mol. The van der Waals surface area contributed by atoms with Gasteiger partial charge in [0.15, 0.2) is 15.5 Å². The molecule has 2 aromatic carbocycles. The number of halogens is 6. The second-order valence-electron chi connectivity index (χ2n) is 10.7. The third-order valence-electron chi connectivity index (χ3n) is 7.51. The predicted octanol–water partition coefficient (Wildman–Crippen LogP) is 3.00. The van der Waals surface area contributed by atoms with Crippen LogP contribution in [-0.2, 0) is 45.9 Å². The zero-order valence-corrected chi connectivity index (χ0v) is 25.3. The minimum absolute atomic E-state index is 0.0660. The largest absolute Gasteiger partial charge is 0.435 e. The van der Waals surface area contributed by atoms with Crippen LogP contribution in [-0.4, -0.2) is 42.9 Å². The summed E-state index contributed by atoms with van der Waals surface area (Å²) in [4.78, 5) is 30.9. The van der Waals surface area contributed by atoms with E-state index in [4.69, 9.17) is 10.6 Å². The van der Waals surface area contributed by atoms with E-state index >= 15 is 0 Å². The van der Waals surface area contributed by atoms with Crippen LogP contribution in [0.4, 0.5) is 26.3 Å². The topological polar surface area (TPSA) is 137 Å². The highest BCUT2D eigenvalue weighted by atomic mass is 32.2. The fraction of sp³-hybridized carbons (Fsp3) is 0.267. The van der Waals surface area contributed by atoms with Crippen molar-refractivity contribution in [1.29, 1.82) is 0 Å². The van der Waals surface area contributed by atoms with Crippen molar-refractivity contribution in [3.05, 3.63) is 106 Å². The highest BCUT2D eigenvalue weighted by Gasteiger charge is 2.42. The summed E-state index contributed by atoms with van der Waals surface area (Å²) < 4.78 is 110. The smallest absolute Gasteiger partial charge is 0.366 e. The molecule has 0 saturated heterocycles. The van der Waals surface area contributed by atoms with Crippen molar-refractivity contribution in [1.82, 2.24) is 15.1 Å². The fourth-order valence-corrected chi connectivity index (χ4v) is 6.94. The number of benzene rings is 2. The molecule has 0 radical (unpaired) electrons. The summed E-state index contributed by atoms with van der Waals surface area (Å²) in [6, 6.07) is 8.02. The highest BCUT2D eigenvalue weighted by molar-refractivity contribution is 7.90. The number of hydrogen-bond acceptors (Lipinski definition) is 6. The maximum atomic E-state index is 14.4. The zero-order chi connectivity index (χ0) is 34.3. The third kappa shape index (κ3) is 7.24. The van der Waals surface area contributed by atoms with E-state index in [9.17, 15) is 44.3 Å². The van der Waals surface area contributed by atoms with Crippen LogP contribution in [0.25, 0.3) is 11.1 Å². The van der Waals surface area contributed by atoms with Crippen LogP contribution >= 0.6 is 0 Å². The molecule has 0 bridgehead atoms. The molecule has 17 heteroatoms. The monoisotopic (exact) mass is 682 g/mol. The van der Waals surface area contributed by atoms with Crippen LogP contribution in [0.3, 0.4) is 0 Å². The Morgan fingerprint density at radius 1 is 1.11 bits per heavy atom. The van der Waals surface area contributed by atoms with Crippen LogP contribution in [0.15, 0.2) is 54.7 Å². The molecule has 1 aliphatic heterocycles. The molecule has 1 atom stereocenters. The van der Waals surface area contributed by atoms with Gasteiger partial charge in [-0.1, -0.05) is 6.07 Å². The van der Waals surface area contributed by atoms with E-state index in [1.807, 2.05) is 0 Å². The molecule has 5 rings (SSSR count). The van der Waals surface area contributed by atoms with Gasteiger partial charge in [-0.25, -0.2) is 21.6 Å². The second kappa shape index (κ2) is 12.7. The number of pyridine rings is 1. The standard InChI is InChI=1S/C30H25F6N5O5S/c1-46-41-7-2-3-20(17-4-5-23(33)21(12-17)29(37)43)27(41)24(11-16-9-18(31)13-19(32)10-16)38-26(42)14-40-25-6-8-47(44,45)15-22(25)28(39-40)30(34,35)36/h2-5,7,9-10,12-13,24H,6,8,11,14-15H2,1H3,(H2-,37,38,42,43)/p+1. The number of aromatic nitrogens is 3. The van der Waals surface area contributed by atoms with E-state index in [-0.39, 0.29) is 40.9 Å². The number of alkyl halides is 3. The Labute approximate surface area is 263 Å². The normalized spacial score (nSPS) is 14.7. The van der Waals surface area contributed by atoms with Crippen LogP contribution in [0.1, 0.15) is 44.6 Å². The number of sulfone groups is 1. The van der Waals surface area contributed by atoms with Gasteiger partial charge in [-0.05, 0) is 41.5 Å². The van der Waals surface area contributed by atoms with E-state index in [1.54, 1.807) is 0 Å². The van der Waals surface area contributed by atoms with Crippen LogP contribution < -0.4 is 20.6 Å². The molecule has 10 nitrogen and oxygen atoms in total. The van der Waals surface area contributed by atoms with Crippen molar-refractivity contribution in [2.75, 3.05) is 12.9 Å². The fourth-order valence-electron chi connectivity index (χ4n) is 5.55. The maximum Gasteiger partial charge on any atom is 0.435 e. The SMILES string of the molecule is CO[n+]1cccc(-c2ccc(F)c(C(N)=O)c2)c1C(Cc1cc(F)cc(F)c1)NC(=O)Cn1nc(C(F)(F)F)c2c1CCS(=O)(=O)C2. The van der Waals surface area contributed by atoms with Crippen LogP contribution in [0.5, 0.6) is 0 Å². The molecule has 4 aromatic rings. The van der Waals surface area contributed by atoms with E-state index < -0.39 is 86.2 Å². The Balaban J connectivity index is 1.59. The number of nitrogens with one attached hydrogen (secondary N) is 1. The molecule has 1 unspecified atom stereocenters. The summed E-state index contributed by atoms with van der Waals surface area (Å²) >= 11 is 0. The van der Waals surface area contributed by atoms with E-state index in [0.717, 1.165) is 22.9 Å². The molecular weight excluding hydrogens is 656 g/mol. The molecule has 0 spiro atoms. The van der Waals surface area contributed by atoms with Crippen molar-refractivity contribution < 1.29 is 53.9 Å². The van der Waals surface area contributed by atoms with Gasteiger partial charge >= 0.3 is 6.18 Å². The number of carbonyl (C=O) groups is 2. The number of nitrogens with zero attached hydrogens (tertiary/aromatic N) is 3. The van der Waals surface area contributed by atoms with Crippen LogP contribution in [0, 0.1) is 17.5 Å². The lowest BCUT2D eigenvalue weighted by Gasteiger charge is -2.20. The lowest BCUT2D eigenvalue weighted by Crippen LogP contribution is -2.49. The van der Waals surface area contributed by atoms with Gasteiger partial charge < -0.3 is 11.1 Å². The number of amides is 2. The average Bonchev–Trinajstić information content (AvgIpc) is 3.32. The number of rotatable bonds is 9. The number of nitrogens with two attached hydrogens (primary N) is 1. The van der Waals surface area contributed by atoms with E-state index in [1.165, 1.54) is 42.3 Å². The molecule has 0 aliphatic carbocycles. The number of hydrogen-bond donors (Lipinski definition) is 2. The number of carbonyl (C=O) groups excluding carboxylic acids is 2. The minimum atomic E-state index is -5.00. The molecule has 0 saturated carbocycles. The van der Waals surface area contributed by atoms with Crippen molar-refractivity contribution in [2.45, 2.75) is 37.4 Å². The quantitative estimate of drug-likeness (QED) is 0.206. The first kappa shape index (κ1) is 33.4. The number of primary amides is 1. The van der Waals surface area contributed by atoms with Gasteiger partial charge in [0.2, 0.25) is 12.1 Å². The van der Waals surface area contributed by atoms with E-state index in [2.05, 4.69) is 10.4 Å². The Hall–Kier alpha value is -4.93. The maximum absolute atomic E-state index is 14.4. The first-order chi connectivity index (χ1) is 22.1. The molecule has 3 N–H and O–H groups in total. The summed E-state index contributed by atoms with van der Waals surface area (Å²) in [7, 11) is -2.55. The molecule has 47 heavy (non-hydrogen) atoms. The Morgan fingerprint density at radius 3 is 2.45 bits per heavy atom. The molecule has 248 valence electrons. The first-order valence-electron chi connectivity index (χ1n) is 13.9. The highest BCUT2D eigenvalue weighted by Crippen LogP contribution is 2.36. The molecular formula is C30H26F6N5O5S+. The summed E-state index contributed by atoms with van der Waals surface area (Å²) in [6.07, 6.45) is -4.15. The van der Waals surface area contributed by atoms with Crippen molar-refractivity contribution in [3.8, 4) is 11.1 Å². The molecule has 2 aromatic heterocycles. The van der Waals surface area contributed by atoms with E-state index in [0.29, 0.717) is 6.07 Å². The van der Waals surface area contributed by atoms with Crippen molar-refractivity contribution in [3.63, 3.8) is 0 Å². The van der Waals surface area contributed by atoms with Crippen molar-refractivity contribution in [2.24, 2.45) is 5.73 Å². The summed E-state index contributed by atoms with van der Waals surface area (Å²) in [6.45, 7) is -0.774. The zero-order valence-electron chi connectivity index (χ0n) is 24.4. The van der Waals surface area contributed by atoms with Crippen molar-refractivity contribution >= 4 is 21.7 Å². The minimum Gasteiger partial charge on any atom is -0.366 e. The van der Waals surface area contributed by atoms with Gasteiger partial charge in [0, 0.05) is 41.0 Å². The van der Waals surface area contributed by atoms with Gasteiger partial charge in [0.05, 0.1) is 22.6 Å². The number of fused-ring (bicyclic) bond motifs is 1. The lowest BCUT2D eigenvalue weighted by molar-refractivity contribution is -0.891. The average molecular weight is 683 g/mol. The summed E-state index contributed by atoms with van der Waals surface area (Å²) in [5, 5.41) is 6.21. The molecule has 3 heterocycles. The Kier molecular flexibility index (Phi) is 9.03. The van der Waals surface area contributed by atoms with Gasteiger partial charge in [0.1, 0.15) is 37.1 Å². The first-order valence-corrected chi connectivity index (χ1v) is 15.7. The Bertz CT molecular complexity index is 1980. The summed E-state index contributed by atoms with van der Waals surface area (Å²) in [5.74, 6) is -6.01. The third-order valence-corrected chi connectivity index (χ3v) is 9.06. The van der Waals surface area contributed by atoms with Gasteiger partial charge in [0.25, 0.3) is 11.6 Å². The second-order valence-corrected chi connectivity index (χ2v) is 12.9.